The largest absolute Gasteiger partial charge is 0.0807 e. The van der Waals surface area contributed by atoms with Gasteiger partial charge in [0.25, 0.3) is 0 Å². The minimum atomic E-state index is 0.835. The summed E-state index contributed by atoms with van der Waals surface area (Å²) in [6.45, 7) is 9.11. The lowest BCUT2D eigenvalue weighted by molar-refractivity contribution is 0.869. The number of rotatable bonds is 5. The fourth-order valence-corrected chi connectivity index (χ4v) is 3.82. The van der Waals surface area contributed by atoms with Crippen molar-refractivity contribution in [1.82, 2.24) is 0 Å². The van der Waals surface area contributed by atoms with Crippen LogP contribution in [0.1, 0.15) is 62.6 Å². The van der Waals surface area contributed by atoms with Gasteiger partial charge in [0.1, 0.15) is 0 Å². The molecular formula is C23H30. The molecule has 1 aromatic rings. The Balaban J connectivity index is 1.81. The third-order valence-electron chi connectivity index (χ3n) is 5.40. The van der Waals surface area contributed by atoms with E-state index in [0.29, 0.717) is 0 Å². The van der Waals surface area contributed by atoms with Crippen LogP contribution < -0.4 is 0 Å². The molecule has 0 aliphatic heterocycles. The molecule has 1 fully saturated rings. The normalized spacial score (nSPS) is 19.1. The quantitative estimate of drug-likeness (QED) is 0.572. The summed E-state index contributed by atoms with van der Waals surface area (Å²) in [5.41, 5.74) is 10.7. The summed E-state index contributed by atoms with van der Waals surface area (Å²) in [6.07, 6.45) is 12.5. The van der Waals surface area contributed by atoms with Crippen LogP contribution in [0, 0.1) is 19.8 Å². The van der Waals surface area contributed by atoms with Crippen molar-refractivity contribution in [3.8, 4) is 0 Å². The average molecular weight is 306 g/mol. The van der Waals surface area contributed by atoms with Crippen molar-refractivity contribution in [1.29, 1.82) is 0 Å². The van der Waals surface area contributed by atoms with Gasteiger partial charge in [-0.3, -0.25) is 0 Å². The van der Waals surface area contributed by atoms with Crippen molar-refractivity contribution in [3.05, 3.63) is 69.3 Å². The first-order chi connectivity index (χ1) is 11.1. The second-order valence-corrected chi connectivity index (χ2v) is 7.48. The van der Waals surface area contributed by atoms with E-state index in [1.54, 1.807) is 16.7 Å². The highest BCUT2D eigenvalue weighted by molar-refractivity contribution is 5.51. The van der Waals surface area contributed by atoms with E-state index in [0.717, 1.165) is 5.92 Å². The molecule has 23 heavy (non-hydrogen) atoms. The standard InChI is InChI=1S/C23H30/c1-16-9-10-17(2)21(15-16)12-11-19(4)23(20-13-14-20)22-8-6-5-7-18(22)3/h7-10,15,20H,5-6,11-14H2,1-4H3/b23-19-. The van der Waals surface area contributed by atoms with Crippen LogP contribution in [0.25, 0.3) is 0 Å². The Morgan fingerprint density at radius 1 is 1.04 bits per heavy atom. The van der Waals surface area contributed by atoms with Gasteiger partial charge in [-0.2, -0.15) is 0 Å². The Bertz CT molecular complexity index is 678. The summed E-state index contributed by atoms with van der Waals surface area (Å²) in [4.78, 5) is 0. The first kappa shape index (κ1) is 16.3. The van der Waals surface area contributed by atoms with E-state index in [4.69, 9.17) is 0 Å². The first-order valence-corrected chi connectivity index (χ1v) is 9.19. The Kier molecular flexibility index (Phi) is 4.90. The van der Waals surface area contributed by atoms with Crippen LogP contribution in [0.2, 0.25) is 0 Å². The third kappa shape index (κ3) is 3.86. The molecule has 0 heteroatoms. The van der Waals surface area contributed by atoms with Gasteiger partial charge in [0.2, 0.25) is 0 Å². The molecule has 0 bridgehead atoms. The van der Waals surface area contributed by atoms with Gasteiger partial charge in [-0.25, -0.2) is 0 Å². The highest BCUT2D eigenvalue weighted by Crippen LogP contribution is 2.45. The van der Waals surface area contributed by atoms with Crippen molar-refractivity contribution in [2.75, 3.05) is 0 Å². The van der Waals surface area contributed by atoms with E-state index in [2.05, 4.69) is 58.0 Å². The second kappa shape index (κ2) is 6.91. The monoisotopic (exact) mass is 306 g/mol. The van der Waals surface area contributed by atoms with E-state index in [-0.39, 0.29) is 0 Å². The SMILES string of the molecule is CC1=CCCC=C1/C(=C(/C)CCc1cc(C)ccc1C)C1CC1. The number of benzene rings is 1. The molecule has 0 N–H and O–H groups in total. The first-order valence-electron chi connectivity index (χ1n) is 9.19. The molecule has 0 aromatic heterocycles. The van der Waals surface area contributed by atoms with Crippen LogP contribution in [-0.4, -0.2) is 0 Å². The number of hydrogen-bond acceptors (Lipinski definition) is 0. The van der Waals surface area contributed by atoms with Gasteiger partial charge in [-0.05, 0) is 100.0 Å². The predicted octanol–water partition coefficient (Wildman–Crippen LogP) is 6.63. The van der Waals surface area contributed by atoms with Crippen LogP contribution in [0.3, 0.4) is 0 Å². The lowest BCUT2D eigenvalue weighted by Crippen LogP contribution is -2.03. The maximum absolute atomic E-state index is 2.49. The highest BCUT2D eigenvalue weighted by Gasteiger charge is 2.30. The molecule has 0 heterocycles. The second-order valence-electron chi connectivity index (χ2n) is 7.48. The van der Waals surface area contributed by atoms with Crippen molar-refractivity contribution in [3.63, 3.8) is 0 Å². The number of hydrogen-bond donors (Lipinski definition) is 0. The minimum Gasteiger partial charge on any atom is -0.0807 e. The molecule has 0 saturated heterocycles. The lowest BCUT2D eigenvalue weighted by Gasteiger charge is -2.20. The molecule has 2 aliphatic rings. The summed E-state index contributed by atoms with van der Waals surface area (Å²) >= 11 is 0. The van der Waals surface area contributed by atoms with Crippen LogP contribution in [-0.2, 0) is 6.42 Å². The Morgan fingerprint density at radius 2 is 1.78 bits per heavy atom. The van der Waals surface area contributed by atoms with E-state index >= 15 is 0 Å². The van der Waals surface area contributed by atoms with Gasteiger partial charge < -0.3 is 0 Å². The van der Waals surface area contributed by atoms with Crippen molar-refractivity contribution in [2.45, 2.75) is 66.2 Å². The minimum absolute atomic E-state index is 0.835. The highest BCUT2D eigenvalue weighted by atomic mass is 14.3. The van der Waals surface area contributed by atoms with Crippen molar-refractivity contribution in [2.24, 2.45) is 5.92 Å². The van der Waals surface area contributed by atoms with E-state index in [1.165, 1.54) is 60.8 Å². The molecule has 122 valence electrons. The molecule has 0 atom stereocenters. The van der Waals surface area contributed by atoms with E-state index in [1.807, 2.05) is 0 Å². The summed E-state index contributed by atoms with van der Waals surface area (Å²) in [5, 5.41) is 0. The van der Waals surface area contributed by atoms with Gasteiger partial charge in [0.05, 0.1) is 0 Å². The molecule has 0 radical (unpaired) electrons. The zero-order chi connectivity index (χ0) is 16.4. The summed E-state index contributed by atoms with van der Waals surface area (Å²) in [6, 6.07) is 6.85. The third-order valence-corrected chi connectivity index (χ3v) is 5.40. The van der Waals surface area contributed by atoms with Crippen molar-refractivity contribution < 1.29 is 0 Å². The maximum atomic E-state index is 2.49. The van der Waals surface area contributed by atoms with Gasteiger partial charge >= 0.3 is 0 Å². The predicted molar refractivity (Wildman–Crippen MR) is 101 cm³/mol. The fourth-order valence-electron chi connectivity index (χ4n) is 3.82. The number of aryl methyl sites for hydroxylation is 3. The van der Waals surface area contributed by atoms with Gasteiger partial charge in [-0.15, -0.1) is 0 Å². The van der Waals surface area contributed by atoms with Gasteiger partial charge in [0, 0.05) is 0 Å². The summed E-state index contributed by atoms with van der Waals surface area (Å²) < 4.78 is 0. The topological polar surface area (TPSA) is 0 Å². The van der Waals surface area contributed by atoms with Crippen LogP contribution >= 0.6 is 0 Å². The molecular weight excluding hydrogens is 276 g/mol. The Hall–Kier alpha value is -1.56. The zero-order valence-electron chi connectivity index (χ0n) is 15.2. The lowest BCUT2D eigenvalue weighted by atomic mass is 9.85. The fraction of sp³-hybridized carbons (Fsp3) is 0.478. The molecule has 1 aromatic carbocycles. The molecule has 0 unspecified atom stereocenters. The summed E-state index contributed by atoms with van der Waals surface area (Å²) in [5.74, 6) is 0.835. The molecule has 3 rings (SSSR count). The zero-order valence-corrected chi connectivity index (χ0v) is 15.2. The van der Waals surface area contributed by atoms with Gasteiger partial charge in [0.15, 0.2) is 0 Å². The number of allylic oxidation sites excluding steroid dienone is 6. The van der Waals surface area contributed by atoms with E-state index < -0.39 is 0 Å². The Morgan fingerprint density at radius 3 is 2.48 bits per heavy atom. The summed E-state index contributed by atoms with van der Waals surface area (Å²) in [7, 11) is 0. The molecule has 0 amide bonds. The Labute approximate surface area is 142 Å². The molecule has 1 saturated carbocycles. The van der Waals surface area contributed by atoms with E-state index in [9.17, 15) is 0 Å². The van der Waals surface area contributed by atoms with Crippen molar-refractivity contribution >= 4 is 0 Å². The average Bonchev–Trinajstić information content (AvgIpc) is 3.35. The smallest absolute Gasteiger partial charge is 0.0156 e. The molecule has 0 spiro atoms. The van der Waals surface area contributed by atoms with Crippen LogP contribution in [0.4, 0.5) is 0 Å². The van der Waals surface area contributed by atoms with Crippen LogP contribution in [0.5, 0.6) is 0 Å². The maximum Gasteiger partial charge on any atom is -0.0156 e. The van der Waals surface area contributed by atoms with Crippen LogP contribution in [0.15, 0.2) is 52.6 Å². The van der Waals surface area contributed by atoms with Gasteiger partial charge in [-0.1, -0.05) is 41.5 Å². The molecule has 0 nitrogen and oxygen atoms in total. The molecule has 2 aliphatic carbocycles.